The third-order valence-electron chi connectivity index (χ3n) is 4.54. The Morgan fingerprint density at radius 1 is 1.24 bits per heavy atom. The molecule has 0 aliphatic carbocycles. The Bertz CT molecular complexity index is 1160. The minimum atomic E-state index is -0.500. The topological polar surface area (TPSA) is 93.3 Å². The second kappa shape index (κ2) is 7.01. The number of phenols is 1. The first-order valence-electron chi connectivity index (χ1n) is 9.01. The first-order valence-corrected chi connectivity index (χ1v) is 9.01. The lowest BCUT2D eigenvalue weighted by molar-refractivity contribution is 0.0929. The number of hydrogen-bond acceptors (Lipinski definition) is 6. The number of fused-ring (bicyclic) bond motifs is 3. The van der Waals surface area contributed by atoms with Gasteiger partial charge in [0, 0.05) is 17.0 Å². The van der Waals surface area contributed by atoms with Crippen molar-refractivity contribution in [2.45, 2.75) is 19.4 Å². The van der Waals surface area contributed by atoms with Crippen LogP contribution in [-0.4, -0.2) is 29.9 Å². The van der Waals surface area contributed by atoms with Crippen molar-refractivity contribution >= 4 is 29.2 Å². The minimum Gasteiger partial charge on any atom is -0.507 e. The van der Waals surface area contributed by atoms with Crippen LogP contribution in [0.15, 0.2) is 52.0 Å². The van der Waals surface area contributed by atoms with Gasteiger partial charge in [0.25, 0.3) is 0 Å². The molecule has 0 saturated carbocycles. The van der Waals surface area contributed by atoms with Gasteiger partial charge in [-0.2, -0.15) is 5.10 Å². The number of amides is 1. The average molecular weight is 392 g/mol. The number of hydrogen-bond donors (Lipinski definition) is 2. The molecule has 0 saturated heterocycles. The van der Waals surface area contributed by atoms with Crippen molar-refractivity contribution in [1.82, 2.24) is 5.43 Å². The number of carbonyl (C=O) groups excluding carboxylic acids is 1. The van der Waals surface area contributed by atoms with E-state index in [4.69, 9.17) is 13.9 Å². The summed E-state index contributed by atoms with van der Waals surface area (Å²) in [5.74, 6) is 0.852. The Morgan fingerprint density at radius 3 is 2.83 bits per heavy atom. The van der Waals surface area contributed by atoms with E-state index in [2.05, 4.69) is 10.5 Å². The standard InChI is InChI=1S/C22H20N2O5/c1-22(2)9-8-16-18(29-22)7-5-13-10-19(28-20(13)16)21(26)24-23-12-14-4-6-15(27-3)11-17(14)25/h4-12,25H,1-3H3,(H,24,26)/b23-12+. The Kier molecular flexibility index (Phi) is 4.50. The highest BCUT2D eigenvalue weighted by Gasteiger charge is 2.24. The number of ether oxygens (including phenoxy) is 2. The zero-order chi connectivity index (χ0) is 20.6. The molecule has 29 heavy (non-hydrogen) atoms. The molecular weight excluding hydrogens is 372 g/mol. The highest BCUT2D eigenvalue weighted by molar-refractivity contribution is 5.99. The summed E-state index contributed by atoms with van der Waals surface area (Å²) in [5, 5.41) is 14.6. The van der Waals surface area contributed by atoms with E-state index in [1.807, 2.05) is 38.1 Å². The normalized spacial score (nSPS) is 14.6. The first-order chi connectivity index (χ1) is 13.9. The molecule has 1 amide bonds. The van der Waals surface area contributed by atoms with Gasteiger partial charge >= 0.3 is 5.91 Å². The molecule has 0 atom stereocenters. The lowest BCUT2D eigenvalue weighted by Crippen LogP contribution is -2.27. The van der Waals surface area contributed by atoms with E-state index in [-0.39, 0.29) is 11.5 Å². The molecule has 1 aromatic heterocycles. The minimum absolute atomic E-state index is 0.00701. The van der Waals surface area contributed by atoms with Gasteiger partial charge in [-0.1, -0.05) is 0 Å². The molecule has 2 N–H and O–H groups in total. The van der Waals surface area contributed by atoms with Crippen LogP contribution in [0.3, 0.4) is 0 Å². The Hall–Kier alpha value is -3.74. The summed E-state index contributed by atoms with van der Waals surface area (Å²) >= 11 is 0. The SMILES string of the molecule is COc1ccc(/C=N/NC(=O)c2cc3ccc4c(c3o2)C=CC(C)(C)O4)c(O)c1. The Balaban J connectivity index is 1.54. The average Bonchev–Trinajstić information content (AvgIpc) is 3.12. The van der Waals surface area contributed by atoms with Gasteiger partial charge in [0.15, 0.2) is 5.76 Å². The maximum absolute atomic E-state index is 12.4. The van der Waals surface area contributed by atoms with Crippen molar-refractivity contribution in [3.8, 4) is 17.2 Å². The van der Waals surface area contributed by atoms with Crippen molar-refractivity contribution in [3.05, 3.63) is 59.4 Å². The number of carbonyl (C=O) groups is 1. The van der Waals surface area contributed by atoms with E-state index in [1.165, 1.54) is 19.4 Å². The molecule has 7 heteroatoms. The van der Waals surface area contributed by atoms with Crippen LogP contribution in [0.5, 0.6) is 17.2 Å². The van der Waals surface area contributed by atoms with E-state index < -0.39 is 11.5 Å². The lowest BCUT2D eigenvalue weighted by Gasteiger charge is -2.27. The number of phenolic OH excluding ortho intramolecular Hbond substituents is 1. The van der Waals surface area contributed by atoms with Gasteiger partial charge < -0.3 is 19.0 Å². The van der Waals surface area contributed by atoms with E-state index in [9.17, 15) is 9.90 Å². The van der Waals surface area contributed by atoms with Crippen molar-refractivity contribution in [2.24, 2.45) is 5.10 Å². The molecule has 7 nitrogen and oxygen atoms in total. The number of methoxy groups -OCH3 is 1. The molecule has 2 heterocycles. The maximum Gasteiger partial charge on any atom is 0.307 e. The predicted octanol–water partition coefficient (Wildman–Crippen LogP) is 4.10. The summed E-state index contributed by atoms with van der Waals surface area (Å²) in [7, 11) is 1.51. The van der Waals surface area contributed by atoms with Crippen LogP contribution in [0.2, 0.25) is 0 Å². The Labute approximate surface area is 167 Å². The first kappa shape index (κ1) is 18.6. The fraction of sp³-hybridized carbons (Fsp3) is 0.182. The number of rotatable bonds is 4. The highest BCUT2D eigenvalue weighted by Crippen LogP contribution is 2.37. The molecule has 0 radical (unpaired) electrons. The van der Waals surface area contributed by atoms with Crippen LogP contribution in [-0.2, 0) is 0 Å². The Morgan fingerprint density at radius 2 is 2.07 bits per heavy atom. The molecular formula is C22H20N2O5. The van der Waals surface area contributed by atoms with Crippen LogP contribution >= 0.6 is 0 Å². The van der Waals surface area contributed by atoms with Gasteiger partial charge in [-0.15, -0.1) is 0 Å². The fourth-order valence-corrected chi connectivity index (χ4v) is 3.04. The molecule has 1 aliphatic heterocycles. The molecule has 0 unspecified atom stereocenters. The van der Waals surface area contributed by atoms with Gasteiger partial charge in [-0.3, -0.25) is 4.79 Å². The van der Waals surface area contributed by atoms with E-state index >= 15 is 0 Å². The molecule has 4 rings (SSSR count). The molecule has 148 valence electrons. The quantitative estimate of drug-likeness (QED) is 0.515. The van der Waals surface area contributed by atoms with E-state index in [0.29, 0.717) is 22.6 Å². The molecule has 0 fully saturated rings. The van der Waals surface area contributed by atoms with Crippen molar-refractivity contribution in [2.75, 3.05) is 7.11 Å². The van der Waals surface area contributed by atoms with Gasteiger partial charge in [-0.05, 0) is 56.3 Å². The molecule has 0 bridgehead atoms. The van der Waals surface area contributed by atoms with E-state index in [0.717, 1.165) is 10.9 Å². The summed E-state index contributed by atoms with van der Waals surface area (Å²) < 4.78 is 16.7. The third kappa shape index (κ3) is 3.67. The zero-order valence-electron chi connectivity index (χ0n) is 16.2. The number of aromatic hydroxyl groups is 1. The van der Waals surface area contributed by atoms with Gasteiger partial charge in [0.2, 0.25) is 0 Å². The van der Waals surface area contributed by atoms with Crippen molar-refractivity contribution in [1.29, 1.82) is 0 Å². The number of nitrogens with zero attached hydrogens (tertiary/aromatic N) is 1. The second-order valence-electron chi connectivity index (χ2n) is 7.17. The molecule has 2 aromatic carbocycles. The van der Waals surface area contributed by atoms with Crippen LogP contribution in [0.1, 0.15) is 35.5 Å². The number of benzene rings is 2. The van der Waals surface area contributed by atoms with Gasteiger partial charge in [-0.25, -0.2) is 5.43 Å². The summed E-state index contributed by atoms with van der Waals surface area (Å²) in [6.07, 6.45) is 5.23. The highest BCUT2D eigenvalue weighted by atomic mass is 16.5. The van der Waals surface area contributed by atoms with E-state index in [1.54, 1.807) is 18.2 Å². The summed E-state index contributed by atoms with van der Waals surface area (Å²) in [5.41, 5.74) is 3.83. The number of hydrazone groups is 1. The van der Waals surface area contributed by atoms with Crippen LogP contribution in [0, 0.1) is 0 Å². The maximum atomic E-state index is 12.4. The summed E-state index contributed by atoms with van der Waals surface area (Å²) in [6, 6.07) is 10.1. The molecule has 1 aliphatic rings. The van der Waals surface area contributed by atoms with Crippen molar-refractivity contribution in [3.63, 3.8) is 0 Å². The van der Waals surface area contributed by atoms with Crippen molar-refractivity contribution < 1.29 is 23.8 Å². The van der Waals surface area contributed by atoms with Gasteiger partial charge in [0.05, 0.1) is 18.9 Å². The second-order valence-corrected chi connectivity index (χ2v) is 7.17. The van der Waals surface area contributed by atoms with Crippen LogP contribution in [0.4, 0.5) is 0 Å². The zero-order valence-corrected chi connectivity index (χ0v) is 16.2. The fourth-order valence-electron chi connectivity index (χ4n) is 3.04. The summed E-state index contributed by atoms with van der Waals surface area (Å²) in [4.78, 5) is 12.4. The smallest absolute Gasteiger partial charge is 0.307 e. The number of nitrogens with one attached hydrogen (secondary N) is 1. The van der Waals surface area contributed by atoms with Gasteiger partial charge in [0.1, 0.15) is 28.4 Å². The monoisotopic (exact) mass is 392 g/mol. The lowest BCUT2D eigenvalue weighted by atomic mass is 10.0. The van der Waals surface area contributed by atoms with Crippen LogP contribution < -0.4 is 14.9 Å². The predicted molar refractivity (Wildman–Crippen MR) is 110 cm³/mol. The molecule has 0 spiro atoms. The largest absolute Gasteiger partial charge is 0.507 e. The third-order valence-corrected chi connectivity index (χ3v) is 4.54. The summed E-state index contributed by atoms with van der Waals surface area (Å²) in [6.45, 7) is 3.94. The van der Waals surface area contributed by atoms with Crippen LogP contribution in [0.25, 0.3) is 17.0 Å². The molecule has 3 aromatic rings. The number of furan rings is 1.